The quantitative estimate of drug-likeness (QED) is 0.532. The third-order valence-electron chi connectivity index (χ3n) is 3.31. The van der Waals surface area contributed by atoms with Crippen molar-refractivity contribution in [2.24, 2.45) is 17.8 Å². The first kappa shape index (κ1) is 14.5. The lowest BCUT2D eigenvalue weighted by molar-refractivity contribution is -0.146. The second-order valence-corrected chi connectivity index (χ2v) is 4.81. The highest BCUT2D eigenvalue weighted by atomic mass is 16.5. The summed E-state index contributed by atoms with van der Waals surface area (Å²) in [5.74, 6) is -1.65. The Morgan fingerprint density at radius 2 is 2.11 bits per heavy atom. The van der Waals surface area contributed by atoms with Gasteiger partial charge in [-0.05, 0) is 25.2 Å². The van der Waals surface area contributed by atoms with Crippen LogP contribution in [-0.4, -0.2) is 30.1 Å². The van der Waals surface area contributed by atoms with Crippen LogP contribution in [0, 0.1) is 17.8 Å². The average Bonchev–Trinajstić information content (AvgIpc) is 2.71. The molecule has 1 rings (SSSR count). The second-order valence-electron chi connectivity index (χ2n) is 4.81. The van der Waals surface area contributed by atoms with E-state index in [0.29, 0.717) is 38.3 Å². The summed E-state index contributed by atoms with van der Waals surface area (Å²) < 4.78 is 4.94. The molecule has 102 valence electrons. The van der Waals surface area contributed by atoms with E-state index < -0.39 is 17.8 Å². The van der Waals surface area contributed by atoms with Crippen LogP contribution in [0.4, 0.5) is 0 Å². The Bertz CT molecular complexity index is 316. The maximum atomic E-state index is 11.9. The van der Waals surface area contributed by atoms with Gasteiger partial charge in [0.1, 0.15) is 0 Å². The molecular formula is C13H21NO4. The van der Waals surface area contributed by atoms with E-state index in [1.165, 1.54) is 6.26 Å². The van der Waals surface area contributed by atoms with Gasteiger partial charge in [0.15, 0.2) is 0 Å². The minimum Gasteiger partial charge on any atom is -0.502 e. The van der Waals surface area contributed by atoms with E-state index in [2.05, 4.69) is 11.9 Å². The summed E-state index contributed by atoms with van der Waals surface area (Å²) in [5, 5.41) is 11.9. The van der Waals surface area contributed by atoms with Crippen molar-refractivity contribution in [1.29, 1.82) is 0 Å². The van der Waals surface area contributed by atoms with Crippen LogP contribution in [0.15, 0.2) is 12.8 Å². The molecule has 0 heterocycles. The third-order valence-corrected chi connectivity index (χ3v) is 3.31. The van der Waals surface area contributed by atoms with Gasteiger partial charge < -0.3 is 15.2 Å². The van der Waals surface area contributed by atoms with Crippen molar-refractivity contribution < 1.29 is 19.4 Å². The van der Waals surface area contributed by atoms with Crippen LogP contribution in [0.2, 0.25) is 0 Å². The maximum absolute atomic E-state index is 11.9. The van der Waals surface area contributed by atoms with Gasteiger partial charge in [0.05, 0.1) is 24.7 Å². The van der Waals surface area contributed by atoms with Gasteiger partial charge in [-0.3, -0.25) is 9.59 Å². The molecule has 0 aromatic carbocycles. The normalized spacial score (nSPS) is 26.6. The molecule has 0 aromatic rings. The van der Waals surface area contributed by atoms with E-state index in [-0.39, 0.29) is 5.91 Å². The van der Waals surface area contributed by atoms with E-state index >= 15 is 0 Å². The molecule has 1 saturated carbocycles. The van der Waals surface area contributed by atoms with Crippen molar-refractivity contribution in [2.75, 3.05) is 13.2 Å². The Morgan fingerprint density at radius 3 is 2.72 bits per heavy atom. The molecule has 2 N–H and O–H groups in total. The molecule has 5 heteroatoms. The van der Waals surface area contributed by atoms with E-state index in [1.54, 1.807) is 0 Å². The fourth-order valence-corrected chi connectivity index (χ4v) is 2.44. The molecule has 1 aliphatic carbocycles. The van der Waals surface area contributed by atoms with Crippen LogP contribution in [0.1, 0.15) is 26.2 Å². The zero-order chi connectivity index (χ0) is 13.5. The Labute approximate surface area is 107 Å². The fraction of sp³-hybridized carbons (Fsp3) is 0.692. The molecule has 0 bridgehead atoms. The summed E-state index contributed by atoms with van der Waals surface area (Å²) in [4.78, 5) is 23.0. The van der Waals surface area contributed by atoms with Crippen molar-refractivity contribution in [2.45, 2.75) is 26.2 Å². The third kappa shape index (κ3) is 4.05. The minimum absolute atomic E-state index is 0.148. The number of hydrogen-bond acceptors (Lipinski definition) is 3. The molecule has 1 fully saturated rings. The first-order valence-electron chi connectivity index (χ1n) is 6.29. The summed E-state index contributed by atoms with van der Waals surface area (Å²) in [6.07, 6.45) is 3.30. The SMILES string of the molecule is C=COCCCNC(=O)[C@H]1CC(C)C[C@H]1C(=O)O. The number of carbonyl (C=O) groups excluding carboxylic acids is 1. The van der Waals surface area contributed by atoms with Crippen molar-refractivity contribution in [3.8, 4) is 0 Å². The smallest absolute Gasteiger partial charge is 0.307 e. The van der Waals surface area contributed by atoms with Crippen molar-refractivity contribution in [3.05, 3.63) is 12.8 Å². The highest BCUT2D eigenvalue weighted by Crippen LogP contribution is 2.36. The first-order valence-corrected chi connectivity index (χ1v) is 6.29. The number of carbonyl (C=O) groups is 2. The van der Waals surface area contributed by atoms with E-state index in [1.807, 2.05) is 6.92 Å². The van der Waals surface area contributed by atoms with Gasteiger partial charge in [-0.25, -0.2) is 0 Å². The average molecular weight is 255 g/mol. The van der Waals surface area contributed by atoms with Gasteiger partial charge in [-0.15, -0.1) is 0 Å². The zero-order valence-corrected chi connectivity index (χ0v) is 10.7. The number of rotatable bonds is 7. The maximum Gasteiger partial charge on any atom is 0.307 e. The molecule has 0 radical (unpaired) electrons. The van der Waals surface area contributed by atoms with Gasteiger partial charge in [0, 0.05) is 6.54 Å². The Kier molecular flexibility index (Phi) is 5.68. The summed E-state index contributed by atoms with van der Waals surface area (Å²) in [7, 11) is 0. The van der Waals surface area contributed by atoms with Gasteiger partial charge in [-0.1, -0.05) is 13.5 Å². The van der Waals surface area contributed by atoms with Crippen LogP contribution >= 0.6 is 0 Å². The van der Waals surface area contributed by atoms with Crippen molar-refractivity contribution >= 4 is 11.9 Å². The molecule has 3 atom stereocenters. The lowest BCUT2D eigenvalue weighted by Crippen LogP contribution is -2.36. The number of carboxylic acid groups (broad SMARTS) is 1. The zero-order valence-electron chi connectivity index (χ0n) is 10.7. The number of nitrogens with one attached hydrogen (secondary N) is 1. The molecule has 0 spiro atoms. The highest BCUT2D eigenvalue weighted by Gasteiger charge is 2.40. The summed E-state index contributed by atoms with van der Waals surface area (Å²) in [6, 6.07) is 0. The van der Waals surface area contributed by atoms with Gasteiger partial charge in [0.25, 0.3) is 0 Å². The van der Waals surface area contributed by atoms with E-state index in [4.69, 9.17) is 9.84 Å². The van der Waals surface area contributed by atoms with Crippen molar-refractivity contribution in [3.63, 3.8) is 0 Å². The monoisotopic (exact) mass is 255 g/mol. The molecular weight excluding hydrogens is 234 g/mol. The predicted octanol–water partition coefficient (Wildman–Crippen LogP) is 1.40. The van der Waals surface area contributed by atoms with Gasteiger partial charge >= 0.3 is 5.97 Å². The topological polar surface area (TPSA) is 75.6 Å². The second kappa shape index (κ2) is 7.03. The lowest BCUT2D eigenvalue weighted by Gasteiger charge is -2.15. The fourth-order valence-electron chi connectivity index (χ4n) is 2.44. The molecule has 0 saturated heterocycles. The van der Waals surface area contributed by atoms with Crippen LogP contribution in [0.5, 0.6) is 0 Å². The molecule has 18 heavy (non-hydrogen) atoms. The van der Waals surface area contributed by atoms with Gasteiger partial charge in [0.2, 0.25) is 5.91 Å². The van der Waals surface area contributed by atoms with Crippen molar-refractivity contribution in [1.82, 2.24) is 5.32 Å². The molecule has 0 aromatic heterocycles. The molecule has 1 unspecified atom stereocenters. The van der Waals surface area contributed by atoms with Crippen LogP contribution in [0.25, 0.3) is 0 Å². The number of hydrogen-bond donors (Lipinski definition) is 2. The Hall–Kier alpha value is -1.52. The Balaban J connectivity index is 2.35. The molecule has 1 aliphatic rings. The predicted molar refractivity (Wildman–Crippen MR) is 66.8 cm³/mol. The Morgan fingerprint density at radius 1 is 1.44 bits per heavy atom. The first-order chi connectivity index (χ1) is 8.56. The number of carboxylic acids is 1. The summed E-state index contributed by atoms with van der Waals surface area (Å²) in [5.41, 5.74) is 0. The van der Waals surface area contributed by atoms with Crippen LogP contribution in [-0.2, 0) is 14.3 Å². The van der Waals surface area contributed by atoms with Crippen LogP contribution in [0.3, 0.4) is 0 Å². The molecule has 1 amide bonds. The summed E-state index contributed by atoms with van der Waals surface area (Å²) >= 11 is 0. The number of ether oxygens (including phenoxy) is 1. The van der Waals surface area contributed by atoms with Crippen LogP contribution < -0.4 is 5.32 Å². The largest absolute Gasteiger partial charge is 0.502 e. The number of amides is 1. The number of aliphatic carboxylic acids is 1. The molecule has 0 aliphatic heterocycles. The lowest BCUT2D eigenvalue weighted by atomic mass is 9.95. The highest BCUT2D eigenvalue weighted by molar-refractivity contribution is 5.85. The standard InChI is InChI=1S/C13H21NO4/c1-3-18-6-4-5-14-12(15)10-7-9(2)8-11(10)13(16)17/h3,9-11H,1,4-8H2,2H3,(H,14,15)(H,16,17)/t9?,10-,11+/m0/s1. The van der Waals surface area contributed by atoms with Gasteiger partial charge in [-0.2, -0.15) is 0 Å². The minimum atomic E-state index is -0.866. The van der Waals surface area contributed by atoms with E-state index in [0.717, 1.165) is 0 Å². The summed E-state index contributed by atoms with van der Waals surface area (Å²) in [6.45, 7) is 6.42. The molecule has 5 nitrogen and oxygen atoms in total. The van der Waals surface area contributed by atoms with E-state index in [9.17, 15) is 9.59 Å².